The summed E-state index contributed by atoms with van der Waals surface area (Å²) in [4.78, 5) is 17.3. The van der Waals surface area contributed by atoms with E-state index in [2.05, 4.69) is 21.5 Å². The molecule has 4 aromatic rings. The van der Waals surface area contributed by atoms with E-state index in [9.17, 15) is 4.79 Å². The summed E-state index contributed by atoms with van der Waals surface area (Å²) in [5.74, 6) is 0.320. The zero-order valence-electron chi connectivity index (χ0n) is 14.5. The van der Waals surface area contributed by atoms with E-state index in [-0.39, 0.29) is 5.91 Å². The third-order valence-corrected chi connectivity index (χ3v) is 5.18. The molecule has 7 heteroatoms. The third kappa shape index (κ3) is 3.30. The molecule has 27 heavy (non-hydrogen) atoms. The number of fused-ring (bicyclic) bond motifs is 1. The number of para-hydroxylation sites is 1. The first-order valence-electron chi connectivity index (χ1n) is 8.32. The van der Waals surface area contributed by atoms with Gasteiger partial charge in [0.2, 0.25) is 0 Å². The molecule has 0 aliphatic heterocycles. The average molecular weight is 373 g/mol. The highest BCUT2D eigenvalue weighted by atomic mass is 32.1. The van der Waals surface area contributed by atoms with Gasteiger partial charge in [-0.1, -0.05) is 24.3 Å². The van der Waals surface area contributed by atoms with E-state index in [0.717, 1.165) is 16.5 Å². The molecule has 0 aliphatic rings. The summed E-state index contributed by atoms with van der Waals surface area (Å²) in [6, 6.07) is 17.3. The molecule has 2 aromatic heterocycles. The Labute approximate surface area is 159 Å². The monoisotopic (exact) mass is 373 g/mol. The standard InChI is InChI=1S/C20H15N5OS/c1-13-18(27-12-22-13)20(26)23-19-16-4-2-3-5-17(16)25(24-19)11-15-8-6-14(10-21)7-9-15/h2-9,12H,11H2,1H3,(H,23,24,26). The Bertz CT molecular complexity index is 1170. The first-order valence-corrected chi connectivity index (χ1v) is 9.19. The summed E-state index contributed by atoms with van der Waals surface area (Å²) >= 11 is 1.31. The minimum absolute atomic E-state index is 0.205. The summed E-state index contributed by atoms with van der Waals surface area (Å²) in [5, 5.41) is 17.3. The van der Waals surface area contributed by atoms with E-state index >= 15 is 0 Å². The van der Waals surface area contributed by atoms with Gasteiger partial charge in [-0.15, -0.1) is 11.3 Å². The minimum Gasteiger partial charge on any atom is -0.304 e. The van der Waals surface area contributed by atoms with Gasteiger partial charge in [-0.05, 0) is 36.8 Å². The van der Waals surface area contributed by atoms with E-state index < -0.39 is 0 Å². The van der Waals surface area contributed by atoms with Crippen LogP contribution in [-0.2, 0) is 6.54 Å². The van der Waals surface area contributed by atoms with Crippen molar-refractivity contribution in [3.63, 3.8) is 0 Å². The number of aryl methyl sites for hydroxylation is 1. The Morgan fingerprint density at radius 1 is 1.22 bits per heavy atom. The highest BCUT2D eigenvalue weighted by Crippen LogP contribution is 2.25. The van der Waals surface area contributed by atoms with Gasteiger partial charge >= 0.3 is 0 Å². The molecule has 0 saturated carbocycles. The van der Waals surface area contributed by atoms with E-state index in [1.54, 1.807) is 17.6 Å². The van der Waals surface area contributed by atoms with Gasteiger partial charge in [0.1, 0.15) is 4.88 Å². The van der Waals surface area contributed by atoms with Crippen molar-refractivity contribution < 1.29 is 4.79 Å². The fraction of sp³-hybridized carbons (Fsp3) is 0.100. The molecule has 0 bridgehead atoms. The first-order chi connectivity index (χ1) is 13.2. The molecule has 6 nitrogen and oxygen atoms in total. The number of rotatable bonds is 4. The largest absolute Gasteiger partial charge is 0.304 e. The van der Waals surface area contributed by atoms with Crippen LogP contribution in [0.25, 0.3) is 10.9 Å². The lowest BCUT2D eigenvalue weighted by molar-refractivity contribution is 0.102. The SMILES string of the molecule is Cc1ncsc1C(=O)Nc1nn(Cc2ccc(C#N)cc2)c2ccccc12. The number of amides is 1. The summed E-state index contributed by atoms with van der Waals surface area (Å²) in [6.45, 7) is 2.36. The van der Waals surface area contributed by atoms with Crippen LogP contribution in [0.4, 0.5) is 5.82 Å². The quantitative estimate of drug-likeness (QED) is 0.587. The Balaban J connectivity index is 1.67. The molecule has 0 saturated heterocycles. The van der Waals surface area contributed by atoms with Gasteiger partial charge in [-0.25, -0.2) is 4.98 Å². The lowest BCUT2D eigenvalue weighted by Crippen LogP contribution is -2.12. The zero-order valence-corrected chi connectivity index (χ0v) is 15.3. The van der Waals surface area contributed by atoms with Gasteiger partial charge in [0.25, 0.3) is 5.91 Å². The summed E-state index contributed by atoms with van der Waals surface area (Å²) < 4.78 is 1.85. The Morgan fingerprint density at radius 3 is 2.70 bits per heavy atom. The van der Waals surface area contributed by atoms with Crippen LogP contribution in [0.3, 0.4) is 0 Å². The van der Waals surface area contributed by atoms with Crippen LogP contribution in [0.15, 0.2) is 54.0 Å². The van der Waals surface area contributed by atoms with Crippen molar-refractivity contribution in [1.82, 2.24) is 14.8 Å². The predicted molar refractivity (Wildman–Crippen MR) is 105 cm³/mol. The van der Waals surface area contributed by atoms with Crippen molar-refractivity contribution in [2.75, 3.05) is 5.32 Å². The van der Waals surface area contributed by atoms with Gasteiger partial charge in [0, 0.05) is 5.39 Å². The molecule has 0 aliphatic carbocycles. The molecule has 4 rings (SSSR count). The van der Waals surface area contributed by atoms with Crippen molar-refractivity contribution in [3.05, 3.63) is 75.7 Å². The van der Waals surface area contributed by atoms with Crippen molar-refractivity contribution in [3.8, 4) is 6.07 Å². The Hall–Kier alpha value is -3.50. The second-order valence-electron chi connectivity index (χ2n) is 6.05. The molecule has 2 heterocycles. The number of hydrogen-bond acceptors (Lipinski definition) is 5. The number of carbonyl (C=O) groups is 1. The number of carbonyl (C=O) groups excluding carboxylic acids is 1. The van der Waals surface area contributed by atoms with Crippen LogP contribution in [0.2, 0.25) is 0 Å². The molecule has 0 atom stereocenters. The normalized spacial score (nSPS) is 10.7. The van der Waals surface area contributed by atoms with Crippen LogP contribution in [0, 0.1) is 18.3 Å². The van der Waals surface area contributed by atoms with E-state index in [4.69, 9.17) is 5.26 Å². The lowest BCUT2D eigenvalue weighted by Gasteiger charge is -2.04. The van der Waals surface area contributed by atoms with Crippen molar-refractivity contribution in [2.45, 2.75) is 13.5 Å². The highest BCUT2D eigenvalue weighted by Gasteiger charge is 2.16. The second kappa shape index (κ2) is 7.02. The number of nitrogens with one attached hydrogen (secondary N) is 1. The number of thiazole rings is 1. The number of nitrogens with zero attached hydrogens (tertiary/aromatic N) is 4. The Kier molecular flexibility index (Phi) is 4.40. The smallest absolute Gasteiger partial charge is 0.268 e. The Morgan fingerprint density at radius 2 is 2.00 bits per heavy atom. The predicted octanol–water partition coefficient (Wildman–Crippen LogP) is 3.97. The van der Waals surface area contributed by atoms with Gasteiger partial charge in [0.05, 0.1) is 34.9 Å². The second-order valence-corrected chi connectivity index (χ2v) is 6.91. The van der Waals surface area contributed by atoms with Crippen LogP contribution in [0.5, 0.6) is 0 Å². The van der Waals surface area contributed by atoms with Crippen molar-refractivity contribution in [2.24, 2.45) is 0 Å². The molecule has 1 N–H and O–H groups in total. The maximum atomic E-state index is 12.6. The van der Waals surface area contributed by atoms with Gasteiger partial charge in [0.15, 0.2) is 5.82 Å². The molecule has 2 aromatic carbocycles. The van der Waals surface area contributed by atoms with E-state index in [0.29, 0.717) is 28.5 Å². The third-order valence-electron chi connectivity index (χ3n) is 4.26. The summed E-state index contributed by atoms with van der Waals surface area (Å²) in [7, 11) is 0. The molecular weight excluding hydrogens is 358 g/mol. The summed E-state index contributed by atoms with van der Waals surface area (Å²) in [6.07, 6.45) is 0. The summed E-state index contributed by atoms with van der Waals surface area (Å²) in [5.41, 5.74) is 4.94. The molecular formula is C20H15N5OS. The molecule has 1 amide bonds. The molecule has 0 radical (unpaired) electrons. The molecule has 0 unspecified atom stereocenters. The maximum Gasteiger partial charge on any atom is 0.268 e. The molecule has 132 valence electrons. The van der Waals surface area contributed by atoms with E-state index in [1.807, 2.05) is 48.0 Å². The average Bonchev–Trinajstić information content (AvgIpc) is 3.27. The van der Waals surface area contributed by atoms with Crippen LogP contribution in [0.1, 0.15) is 26.5 Å². The van der Waals surface area contributed by atoms with Crippen LogP contribution in [-0.4, -0.2) is 20.7 Å². The number of hydrogen-bond donors (Lipinski definition) is 1. The topological polar surface area (TPSA) is 83.6 Å². The van der Waals surface area contributed by atoms with Gasteiger partial charge in [-0.2, -0.15) is 10.4 Å². The number of nitriles is 1. The lowest BCUT2D eigenvalue weighted by atomic mass is 10.1. The zero-order chi connectivity index (χ0) is 18.8. The van der Waals surface area contributed by atoms with Gasteiger partial charge < -0.3 is 5.32 Å². The van der Waals surface area contributed by atoms with Crippen molar-refractivity contribution >= 4 is 34.0 Å². The minimum atomic E-state index is -0.205. The van der Waals surface area contributed by atoms with Crippen molar-refractivity contribution in [1.29, 1.82) is 5.26 Å². The number of anilines is 1. The molecule has 0 fully saturated rings. The molecule has 0 spiro atoms. The van der Waals surface area contributed by atoms with Gasteiger partial charge in [-0.3, -0.25) is 9.48 Å². The van der Waals surface area contributed by atoms with Crippen LogP contribution < -0.4 is 5.32 Å². The number of benzene rings is 2. The maximum absolute atomic E-state index is 12.6. The highest BCUT2D eigenvalue weighted by molar-refractivity contribution is 7.12. The number of aromatic nitrogens is 3. The fourth-order valence-corrected chi connectivity index (χ4v) is 3.58. The first kappa shape index (κ1) is 16.9. The van der Waals surface area contributed by atoms with E-state index in [1.165, 1.54) is 11.3 Å². The fourth-order valence-electron chi connectivity index (χ4n) is 2.88. The van der Waals surface area contributed by atoms with Crippen LogP contribution >= 0.6 is 11.3 Å².